The van der Waals surface area contributed by atoms with Crippen molar-refractivity contribution in [2.24, 2.45) is 5.92 Å². The molecule has 0 radical (unpaired) electrons. The Hall–Kier alpha value is -0.860. The lowest BCUT2D eigenvalue weighted by Crippen LogP contribution is -2.27. The minimum atomic E-state index is 0.334. The quantitative estimate of drug-likeness (QED) is 0.682. The Labute approximate surface area is 117 Å². The molecule has 0 amide bonds. The third-order valence-electron chi connectivity index (χ3n) is 3.86. The lowest BCUT2D eigenvalue weighted by Gasteiger charge is -2.21. The van der Waals surface area contributed by atoms with Gasteiger partial charge in [-0.15, -0.1) is 0 Å². The first-order valence-electron chi connectivity index (χ1n) is 7.68. The summed E-state index contributed by atoms with van der Waals surface area (Å²) >= 11 is 0. The lowest BCUT2D eigenvalue weighted by atomic mass is 10.0. The van der Waals surface area contributed by atoms with Crippen LogP contribution in [0.25, 0.3) is 0 Å². The number of aryl methyl sites for hydroxylation is 1. The molecule has 1 aromatic rings. The van der Waals surface area contributed by atoms with Gasteiger partial charge >= 0.3 is 0 Å². The second-order valence-electron chi connectivity index (χ2n) is 5.67. The molecular weight excluding hydrogens is 234 g/mol. The maximum absolute atomic E-state index is 5.89. The topological polar surface area (TPSA) is 21.3 Å². The van der Waals surface area contributed by atoms with Crippen molar-refractivity contribution >= 4 is 0 Å². The number of hydrogen-bond donors (Lipinski definition) is 1. The highest BCUT2D eigenvalue weighted by atomic mass is 16.5. The van der Waals surface area contributed by atoms with E-state index >= 15 is 0 Å². The van der Waals surface area contributed by atoms with Crippen LogP contribution in [0.15, 0.2) is 24.3 Å². The van der Waals surface area contributed by atoms with Crippen LogP contribution in [-0.4, -0.2) is 19.8 Å². The smallest absolute Gasteiger partial charge is 0.0661 e. The number of rotatable bonds is 9. The normalized spacial score (nSPS) is 16.5. The van der Waals surface area contributed by atoms with Gasteiger partial charge in [0, 0.05) is 6.61 Å². The fourth-order valence-corrected chi connectivity index (χ4v) is 2.41. The van der Waals surface area contributed by atoms with Crippen molar-refractivity contribution in [3.8, 4) is 0 Å². The first-order valence-corrected chi connectivity index (χ1v) is 7.68. The predicted molar refractivity (Wildman–Crippen MR) is 80.4 cm³/mol. The fraction of sp³-hybridized carbons (Fsp3) is 0.647. The van der Waals surface area contributed by atoms with Crippen molar-refractivity contribution in [1.82, 2.24) is 5.32 Å². The highest BCUT2D eigenvalue weighted by molar-refractivity contribution is 5.28. The summed E-state index contributed by atoms with van der Waals surface area (Å²) in [5.74, 6) is 0.959. The molecule has 0 spiro atoms. The van der Waals surface area contributed by atoms with Crippen LogP contribution < -0.4 is 5.32 Å². The van der Waals surface area contributed by atoms with Gasteiger partial charge in [0.05, 0.1) is 12.6 Å². The molecule has 1 unspecified atom stereocenters. The summed E-state index contributed by atoms with van der Waals surface area (Å²) < 4.78 is 5.89. The van der Waals surface area contributed by atoms with E-state index in [0.29, 0.717) is 6.04 Å². The Morgan fingerprint density at radius 2 is 2.11 bits per heavy atom. The maximum atomic E-state index is 5.89. The van der Waals surface area contributed by atoms with Gasteiger partial charge in [0.2, 0.25) is 0 Å². The summed E-state index contributed by atoms with van der Waals surface area (Å²) in [6.45, 7) is 7.14. The highest BCUT2D eigenvalue weighted by Crippen LogP contribution is 2.32. The number of ether oxygens (including phenoxy) is 1. The van der Waals surface area contributed by atoms with Gasteiger partial charge in [0.25, 0.3) is 0 Å². The largest absolute Gasteiger partial charge is 0.379 e. The molecule has 2 heteroatoms. The molecule has 0 bridgehead atoms. The van der Waals surface area contributed by atoms with Crippen molar-refractivity contribution in [1.29, 1.82) is 0 Å². The second-order valence-corrected chi connectivity index (χ2v) is 5.67. The molecule has 19 heavy (non-hydrogen) atoms. The molecule has 1 fully saturated rings. The van der Waals surface area contributed by atoms with Crippen molar-refractivity contribution in [2.75, 3.05) is 19.8 Å². The van der Waals surface area contributed by atoms with Crippen molar-refractivity contribution in [2.45, 2.75) is 45.6 Å². The Balaban J connectivity index is 1.84. The average molecular weight is 261 g/mol. The molecule has 106 valence electrons. The Kier molecular flexibility index (Phi) is 5.87. The summed E-state index contributed by atoms with van der Waals surface area (Å²) in [5.41, 5.74) is 2.73. The Bertz CT molecular complexity index is 373. The standard InChI is InChI=1S/C17H27NO/c1-3-11-18-17(13-19-12-10-15-8-9-15)16-7-5-4-6-14(16)2/h4-7,15,17-18H,3,8-13H2,1-2H3. The molecular formula is C17H27NO. The number of hydrogen-bond acceptors (Lipinski definition) is 2. The highest BCUT2D eigenvalue weighted by Gasteiger charge is 2.21. The van der Waals surface area contributed by atoms with E-state index in [1.165, 1.54) is 30.4 Å². The summed E-state index contributed by atoms with van der Waals surface area (Å²) in [5, 5.41) is 3.61. The minimum Gasteiger partial charge on any atom is -0.379 e. The fourth-order valence-electron chi connectivity index (χ4n) is 2.41. The SMILES string of the molecule is CCCNC(COCCC1CC1)c1ccccc1C. The first-order chi connectivity index (χ1) is 9.31. The van der Waals surface area contributed by atoms with Gasteiger partial charge in [-0.2, -0.15) is 0 Å². The zero-order valence-corrected chi connectivity index (χ0v) is 12.3. The zero-order chi connectivity index (χ0) is 13.5. The van der Waals surface area contributed by atoms with Gasteiger partial charge in [-0.05, 0) is 43.4 Å². The molecule has 1 N–H and O–H groups in total. The average Bonchev–Trinajstić information content (AvgIpc) is 3.23. The maximum Gasteiger partial charge on any atom is 0.0661 e. The minimum absolute atomic E-state index is 0.334. The van der Waals surface area contributed by atoms with Gasteiger partial charge in [-0.25, -0.2) is 0 Å². The molecule has 1 aliphatic rings. The lowest BCUT2D eigenvalue weighted by molar-refractivity contribution is 0.106. The van der Waals surface area contributed by atoms with Crippen molar-refractivity contribution < 1.29 is 4.74 Å². The van der Waals surface area contributed by atoms with Crippen molar-refractivity contribution in [3.63, 3.8) is 0 Å². The van der Waals surface area contributed by atoms with E-state index in [4.69, 9.17) is 4.74 Å². The molecule has 0 aliphatic heterocycles. The van der Waals surface area contributed by atoms with E-state index in [9.17, 15) is 0 Å². The summed E-state index contributed by atoms with van der Waals surface area (Å²) in [6, 6.07) is 8.95. The van der Waals surface area contributed by atoms with Gasteiger partial charge in [0.15, 0.2) is 0 Å². The molecule has 1 aromatic carbocycles. The molecule has 0 saturated heterocycles. The van der Waals surface area contributed by atoms with Crippen molar-refractivity contribution in [3.05, 3.63) is 35.4 Å². The molecule has 2 nitrogen and oxygen atoms in total. The van der Waals surface area contributed by atoms with Gasteiger partial charge in [0.1, 0.15) is 0 Å². The third kappa shape index (κ3) is 4.96. The van der Waals surface area contributed by atoms with Crippen LogP contribution in [0, 0.1) is 12.8 Å². The molecule has 1 atom stereocenters. The van der Waals surface area contributed by atoms with Gasteiger partial charge in [-0.1, -0.05) is 44.0 Å². The monoisotopic (exact) mass is 261 g/mol. The molecule has 0 aromatic heterocycles. The van der Waals surface area contributed by atoms with E-state index in [1.54, 1.807) is 0 Å². The van der Waals surface area contributed by atoms with Gasteiger partial charge in [-0.3, -0.25) is 0 Å². The van der Waals surface area contributed by atoms with Crippen LogP contribution >= 0.6 is 0 Å². The van der Waals surface area contributed by atoms with Crippen LogP contribution in [0.3, 0.4) is 0 Å². The van der Waals surface area contributed by atoms with E-state index in [1.807, 2.05) is 0 Å². The Morgan fingerprint density at radius 3 is 2.79 bits per heavy atom. The van der Waals surface area contributed by atoms with Crippen LogP contribution in [0.2, 0.25) is 0 Å². The van der Waals surface area contributed by atoms with Crippen LogP contribution in [0.4, 0.5) is 0 Å². The van der Waals surface area contributed by atoms with Crippen LogP contribution in [0.5, 0.6) is 0 Å². The Morgan fingerprint density at radius 1 is 1.32 bits per heavy atom. The molecule has 1 aliphatic carbocycles. The van der Waals surface area contributed by atoms with E-state index < -0.39 is 0 Å². The first kappa shape index (κ1) is 14.5. The zero-order valence-electron chi connectivity index (χ0n) is 12.3. The van der Waals surface area contributed by atoms with E-state index in [0.717, 1.165) is 32.1 Å². The van der Waals surface area contributed by atoms with E-state index in [-0.39, 0.29) is 0 Å². The molecule has 0 heterocycles. The van der Waals surface area contributed by atoms with Gasteiger partial charge < -0.3 is 10.1 Å². The summed E-state index contributed by atoms with van der Waals surface area (Å²) in [4.78, 5) is 0. The van der Waals surface area contributed by atoms with Crippen LogP contribution in [-0.2, 0) is 4.74 Å². The summed E-state index contributed by atoms with van der Waals surface area (Å²) in [7, 11) is 0. The second kappa shape index (κ2) is 7.66. The molecule has 1 saturated carbocycles. The predicted octanol–water partition coefficient (Wildman–Crippen LogP) is 3.85. The molecule has 2 rings (SSSR count). The number of nitrogens with one attached hydrogen (secondary N) is 1. The third-order valence-corrected chi connectivity index (χ3v) is 3.86. The number of benzene rings is 1. The summed E-state index contributed by atoms with van der Waals surface area (Å²) in [6.07, 6.45) is 5.23. The van der Waals surface area contributed by atoms with E-state index in [2.05, 4.69) is 43.4 Å². The van der Waals surface area contributed by atoms with Crippen LogP contribution in [0.1, 0.15) is 49.8 Å².